The van der Waals surface area contributed by atoms with Gasteiger partial charge in [0.1, 0.15) is 11.6 Å². The Balaban J connectivity index is 1.55. The number of piperidine rings is 1. The first kappa shape index (κ1) is 19.4. The van der Waals surface area contributed by atoms with E-state index < -0.39 is 0 Å². The van der Waals surface area contributed by atoms with Crippen LogP contribution in [0.15, 0.2) is 42.6 Å². The number of nitrogens with one attached hydrogen (secondary N) is 1. The van der Waals surface area contributed by atoms with E-state index in [0.717, 1.165) is 53.6 Å². The topological polar surface area (TPSA) is 67.3 Å². The number of hydrogen-bond acceptors (Lipinski definition) is 6. The second-order valence-corrected chi connectivity index (χ2v) is 8.23. The Morgan fingerprint density at radius 3 is 2.62 bits per heavy atom. The molecule has 0 saturated carbocycles. The molecule has 1 aliphatic rings. The summed E-state index contributed by atoms with van der Waals surface area (Å²) in [5.41, 5.74) is 2.46. The number of thiazole rings is 1. The van der Waals surface area contributed by atoms with Crippen LogP contribution >= 0.6 is 11.3 Å². The van der Waals surface area contributed by atoms with Gasteiger partial charge in [0, 0.05) is 29.7 Å². The zero-order valence-electron chi connectivity index (χ0n) is 16.6. The summed E-state index contributed by atoms with van der Waals surface area (Å²) in [5.74, 6) is 1.39. The van der Waals surface area contributed by atoms with Gasteiger partial charge in [0.25, 0.3) is 5.91 Å². The number of aromatic nitrogens is 2. The third-order valence-corrected chi connectivity index (χ3v) is 5.95. The maximum Gasteiger partial charge on any atom is 0.261 e. The molecule has 4 rings (SSSR count). The van der Waals surface area contributed by atoms with Gasteiger partial charge in [0.15, 0.2) is 5.13 Å². The molecule has 150 valence electrons. The average molecular weight is 409 g/mol. The summed E-state index contributed by atoms with van der Waals surface area (Å²) in [6.45, 7) is 3.89. The number of rotatable bonds is 5. The third-order valence-electron chi connectivity index (χ3n) is 5.07. The minimum absolute atomic E-state index is 0.172. The van der Waals surface area contributed by atoms with Crippen molar-refractivity contribution in [2.24, 2.45) is 0 Å². The van der Waals surface area contributed by atoms with Crippen LogP contribution in [0.5, 0.6) is 5.75 Å². The molecule has 3 aromatic rings. The third kappa shape index (κ3) is 4.24. The van der Waals surface area contributed by atoms with Crippen molar-refractivity contribution < 1.29 is 9.53 Å². The molecule has 1 fully saturated rings. The highest BCUT2D eigenvalue weighted by atomic mass is 32.1. The molecule has 6 nitrogen and oxygen atoms in total. The normalized spacial score (nSPS) is 13.9. The van der Waals surface area contributed by atoms with Crippen LogP contribution in [0, 0.1) is 6.92 Å². The van der Waals surface area contributed by atoms with Crippen LogP contribution in [0.1, 0.15) is 34.5 Å². The van der Waals surface area contributed by atoms with Gasteiger partial charge in [0.05, 0.1) is 18.4 Å². The molecule has 1 aromatic carbocycles. The molecule has 2 aromatic heterocycles. The summed E-state index contributed by atoms with van der Waals surface area (Å²) in [6, 6.07) is 11.4. The molecule has 0 radical (unpaired) electrons. The number of pyridine rings is 1. The first-order valence-electron chi connectivity index (χ1n) is 9.79. The van der Waals surface area contributed by atoms with Crippen molar-refractivity contribution in [1.82, 2.24) is 9.97 Å². The summed E-state index contributed by atoms with van der Waals surface area (Å²) in [4.78, 5) is 25.4. The van der Waals surface area contributed by atoms with E-state index in [1.807, 2.05) is 37.3 Å². The van der Waals surface area contributed by atoms with Gasteiger partial charge in [-0.3, -0.25) is 10.1 Å². The highest BCUT2D eigenvalue weighted by molar-refractivity contribution is 7.16. The fraction of sp³-hybridized carbons (Fsp3) is 0.318. The molecule has 0 spiro atoms. The lowest BCUT2D eigenvalue weighted by Crippen LogP contribution is -2.32. The van der Waals surface area contributed by atoms with Crippen LogP contribution in [0.25, 0.3) is 11.3 Å². The number of nitrogens with zero attached hydrogens (tertiary/aromatic N) is 3. The largest absolute Gasteiger partial charge is 0.497 e. The van der Waals surface area contributed by atoms with Gasteiger partial charge in [-0.1, -0.05) is 0 Å². The van der Waals surface area contributed by atoms with E-state index in [0.29, 0.717) is 10.7 Å². The number of carbonyl (C=O) groups is 1. The molecular weight excluding hydrogens is 384 g/mol. The molecule has 1 amide bonds. The monoisotopic (exact) mass is 408 g/mol. The molecule has 0 unspecified atom stereocenters. The zero-order valence-corrected chi connectivity index (χ0v) is 17.5. The van der Waals surface area contributed by atoms with Crippen LogP contribution < -0.4 is 15.0 Å². The van der Waals surface area contributed by atoms with Crippen LogP contribution in [-0.2, 0) is 0 Å². The highest BCUT2D eigenvalue weighted by Crippen LogP contribution is 2.32. The Labute approximate surface area is 174 Å². The molecule has 1 N–H and O–H groups in total. The van der Waals surface area contributed by atoms with E-state index in [9.17, 15) is 4.79 Å². The van der Waals surface area contributed by atoms with Gasteiger partial charge in [-0.15, -0.1) is 11.3 Å². The van der Waals surface area contributed by atoms with E-state index in [1.165, 1.54) is 17.8 Å². The first-order valence-corrected chi connectivity index (χ1v) is 10.6. The van der Waals surface area contributed by atoms with Crippen molar-refractivity contribution in [3.05, 3.63) is 53.0 Å². The van der Waals surface area contributed by atoms with Crippen molar-refractivity contribution in [1.29, 1.82) is 0 Å². The smallest absolute Gasteiger partial charge is 0.261 e. The number of methoxy groups -OCH3 is 1. The van der Waals surface area contributed by atoms with Crippen LogP contribution in [0.4, 0.5) is 10.9 Å². The number of carbonyl (C=O) groups excluding carboxylic acids is 1. The Morgan fingerprint density at radius 2 is 1.90 bits per heavy atom. The van der Waals surface area contributed by atoms with E-state index in [4.69, 9.17) is 4.74 Å². The molecule has 3 heterocycles. The number of aryl methyl sites for hydroxylation is 1. The first-order chi connectivity index (χ1) is 14.2. The van der Waals surface area contributed by atoms with E-state index in [-0.39, 0.29) is 5.91 Å². The minimum Gasteiger partial charge on any atom is -0.497 e. The van der Waals surface area contributed by atoms with Crippen molar-refractivity contribution in [3.63, 3.8) is 0 Å². The molecular formula is C22H24N4O2S. The lowest BCUT2D eigenvalue weighted by atomic mass is 10.1. The summed E-state index contributed by atoms with van der Waals surface area (Å²) in [6.07, 6.45) is 5.25. The second kappa shape index (κ2) is 8.61. The number of ether oxygens (including phenoxy) is 1. The number of amides is 1. The summed E-state index contributed by atoms with van der Waals surface area (Å²) in [7, 11) is 1.65. The fourth-order valence-corrected chi connectivity index (χ4v) is 4.39. The Morgan fingerprint density at radius 1 is 1.14 bits per heavy atom. The van der Waals surface area contributed by atoms with Gasteiger partial charge in [0.2, 0.25) is 0 Å². The summed E-state index contributed by atoms with van der Waals surface area (Å²) >= 11 is 1.48. The predicted octanol–water partition coefficient (Wildman–Crippen LogP) is 4.76. The van der Waals surface area contributed by atoms with Crippen LogP contribution in [-0.4, -0.2) is 36.1 Å². The average Bonchev–Trinajstić information content (AvgIpc) is 3.14. The quantitative estimate of drug-likeness (QED) is 0.659. The van der Waals surface area contributed by atoms with Crippen LogP contribution in [0.2, 0.25) is 0 Å². The maximum absolute atomic E-state index is 13.0. The van der Waals surface area contributed by atoms with Gasteiger partial charge >= 0.3 is 0 Å². The fourth-order valence-electron chi connectivity index (χ4n) is 3.56. The summed E-state index contributed by atoms with van der Waals surface area (Å²) in [5, 5.41) is 3.56. The maximum atomic E-state index is 13.0. The summed E-state index contributed by atoms with van der Waals surface area (Å²) < 4.78 is 5.22. The van der Waals surface area contributed by atoms with Crippen molar-refractivity contribution in [2.75, 3.05) is 30.4 Å². The lowest BCUT2D eigenvalue weighted by molar-refractivity contribution is 0.102. The molecule has 1 aliphatic heterocycles. The van der Waals surface area contributed by atoms with Crippen molar-refractivity contribution in [3.8, 4) is 17.0 Å². The molecule has 1 saturated heterocycles. The van der Waals surface area contributed by atoms with Crippen molar-refractivity contribution in [2.45, 2.75) is 26.2 Å². The van der Waals surface area contributed by atoms with E-state index in [1.54, 1.807) is 19.4 Å². The minimum atomic E-state index is -0.172. The van der Waals surface area contributed by atoms with Gasteiger partial charge in [-0.05, 0) is 62.6 Å². The predicted molar refractivity (Wildman–Crippen MR) is 117 cm³/mol. The van der Waals surface area contributed by atoms with Gasteiger partial charge < -0.3 is 9.64 Å². The molecule has 29 heavy (non-hydrogen) atoms. The number of hydrogen-bond donors (Lipinski definition) is 1. The molecule has 0 atom stereocenters. The zero-order chi connectivity index (χ0) is 20.2. The molecule has 0 bridgehead atoms. The standard InChI is InChI=1S/C22H24N4O2S/c1-15-19(16-8-10-17(28-2)11-9-16)24-22(29-15)25-21(27)18-7-6-12-23-20(18)26-13-4-3-5-14-26/h6-12H,3-5,13-14H2,1-2H3,(H,24,25,27). The van der Waals surface area contributed by atoms with E-state index >= 15 is 0 Å². The van der Waals surface area contributed by atoms with Crippen LogP contribution in [0.3, 0.4) is 0 Å². The highest BCUT2D eigenvalue weighted by Gasteiger charge is 2.21. The van der Waals surface area contributed by atoms with Gasteiger partial charge in [-0.25, -0.2) is 9.97 Å². The molecule has 0 aliphatic carbocycles. The lowest BCUT2D eigenvalue weighted by Gasteiger charge is -2.28. The van der Waals surface area contributed by atoms with E-state index in [2.05, 4.69) is 20.2 Å². The molecule has 7 heteroatoms. The Hall–Kier alpha value is -2.93. The Kier molecular flexibility index (Phi) is 5.76. The Bertz CT molecular complexity index is 994. The van der Waals surface area contributed by atoms with Gasteiger partial charge in [-0.2, -0.15) is 0 Å². The number of benzene rings is 1. The van der Waals surface area contributed by atoms with Crippen molar-refractivity contribution >= 4 is 28.2 Å². The second-order valence-electron chi connectivity index (χ2n) is 7.03. The SMILES string of the molecule is COc1ccc(-c2nc(NC(=O)c3cccnc3N3CCCCC3)sc2C)cc1. The number of anilines is 2.